The second-order valence-electron chi connectivity index (χ2n) is 6.05. The third kappa shape index (κ3) is 2.81. The summed E-state index contributed by atoms with van der Waals surface area (Å²) in [6, 6.07) is 23.3. The number of benzene rings is 3. The Kier molecular flexibility index (Phi) is 4.02. The van der Waals surface area contributed by atoms with E-state index >= 15 is 0 Å². The summed E-state index contributed by atoms with van der Waals surface area (Å²) >= 11 is 6.00. The van der Waals surface area contributed by atoms with E-state index in [9.17, 15) is 8.42 Å². The van der Waals surface area contributed by atoms with Gasteiger partial charge in [-0.3, -0.25) is 0 Å². The van der Waals surface area contributed by atoms with Gasteiger partial charge < -0.3 is 5.32 Å². The molecule has 126 valence electrons. The van der Waals surface area contributed by atoms with Crippen LogP contribution in [0.5, 0.6) is 0 Å². The fourth-order valence-electron chi connectivity index (χ4n) is 3.34. The first-order valence-corrected chi connectivity index (χ1v) is 9.90. The Bertz CT molecular complexity index is 1000. The van der Waals surface area contributed by atoms with Crippen molar-refractivity contribution < 1.29 is 8.42 Å². The zero-order valence-corrected chi connectivity index (χ0v) is 14.8. The van der Waals surface area contributed by atoms with Gasteiger partial charge in [0.2, 0.25) is 0 Å². The molecule has 0 aromatic heterocycles. The number of nitrogens with one attached hydrogen (secondary N) is 1. The first-order valence-electron chi connectivity index (χ1n) is 7.97. The Hall–Kier alpha value is -2.30. The maximum absolute atomic E-state index is 13.4. The topological polar surface area (TPSA) is 46.2 Å². The van der Waals surface area contributed by atoms with Gasteiger partial charge >= 0.3 is 0 Å². The number of hydrogen-bond donors (Lipinski definition) is 1. The summed E-state index contributed by atoms with van der Waals surface area (Å²) in [5, 5.41) is 3.33. The van der Waals surface area contributed by atoms with E-state index in [1.54, 1.807) is 30.3 Å². The SMILES string of the molecule is O=S1(=O)c2ccccc2N[C@H](c2ccc(Cl)cc2)[C@H]1c1ccccc1. The number of rotatable bonds is 2. The molecule has 0 saturated carbocycles. The Morgan fingerprint density at radius 3 is 2.12 bits per heavy atom. The van der Waals surface area contributed by atoms with Crippen molar-refractivity contribution in [2.45, 2.75) is 16.2 Å². The maximum atomic E-state index is 13.4. The van der Waals surface area contributed by atoms with Crippen molar-refractivity contribution in [2.75, 3.05) is 5.32 Å². The molecular weight excluding hydrogens is 354 g/mol. The van der Waals surface area contributed by atoms with Crippen molar-refractivity contribution in [3.63, 3.8) is 0 Å². The number of halogens is 1. The van der Waals surface area contributed by atoms with Gasteiger partial charge in [-0.25, -0.2) is 8.42 Å². The molecular formula is C20H16ClNO2S. The zero-order valence-electron chi connectivity index (χ0n) is 13.3. The zero-order chi connectivity index (χ0) is 17.4. The molecule has 0 aliphatic carbocycles. The van der Waals surface area contributed by atoms with Crippen LogP contribution in [0.15, 0.2) is 83.8 Å². The fraction of sp³-hybridized carbons (Fsp3) is 0.100. The third-order valence-corrected chi connectivity index (χ3v) is 6.93. The average Bonchev–Trinajstić information content (AvgIpc) is 2.62. The molecule has 3 aromatic carbocycles. The van der Waals surface area contributed by atoms with Crippen LogP contribution in [0.25, 0.3) is 0 Å². The minimum atomic E-state index is -3.54. The van der Waals surface area contributed by atoms with Crippen LogP contribution in [0.3, 0.4) is 0 Å². The monoisotopic (exact) mass is 369 g/mol. The van der Waals surface area contributed by atoms with Gasteiger partial charge in [-0.2, -0.15) is 0 Å². The highest BCUT2D eigenvalue weighted by Crippen LogP contribution is 2.47. The van der Waals surface area contributed by atoms with E-state index in [0.29, 0.717) is 15.6 Å². The quantitative estimate of drug-likeness (QED) is 0.689. The molecule has 1 aliphatic heterocycles. The van der Waals surface area contributed by atoms with Crippen LogP contribution in [-0.2, 0) is 9.84 Å². The molecule has 0 bridgehead atoms. The van der Waals surface area contributed by atoms with E-state index < -0.39 is 15.1 Å². The van der Waals surface area contributed by atoms with Crippen molar-refractivity contribution in [3.05, 3.63) is 95.0 Å². The van der Waals surface area contributed by atoms with Gasteiger partial charge in [-0.15, -0.1) is 0 Å². The Morgan fingerprint density at radius 2 is 1.40 bits per heavy atom. The molecule has 0 spiro atoms. The average molecular weight is 370 g/mol. The lowest BCUT2D eigenvalue weighted by atomic mass is 9.97. The Morgan fingerprint density at radius 1 is 0.760 bits per heavy atom. The lowest BCUT2D eigenvalue weighted by molar-refractivity contribution is 0.562. The van der Waals surface area contributed by atoms with E-state index in [1.807, 2.05) is 48.5 Å². The highest BCUT2D eigenvalue weighted by atomic mass is 35.5. The number of hydrogen-bond acceptors (Lipinski definition) is 3. The molecule has 25 heavy (non-hydrogen) atoms. The van der Waals surface area contributed by atoms with Gasteiger partial charge in [0.25, 0.3) is 0 Å². The summed E-state index contributed by atoms with van der Waals surface area (Å²) in [5.41, 5.74) is 2.29. The van der Waals surface area contributed by atoms with Crippen molar-refractivity contribution >= 4 is 27.1 Å². The smallest absolute Gasteiger partial charge is 0.189 e. The van der Waals surface area contributed by atoms with E-state index in [-0.39, 0.29) is 6.04 Å². The van der Waals surface area contributed by atoms with Gasteiger partial charge in [0.05, 0.1) is 16.6 Å². The van der Waals surface area contributed by atoms with E-state index in [2.05, 4.69) is 5.32 Å². The highest BCUT2D eigenvalue weighted by molar-refractivity contribution is 7.92. The van der Waals surface area contributed by atoms with Crippen molar-refractivity contribution in [1.29, 1.82) is 0 Å². The van der Waals surface area contributed by atoms with Crippen LogP contribution >= 0.6 is 11.6 Å². The predicted molar refractivity (Wildman–Crippen MR) is 101 cm³/mol. The lowest BCUT2D eigenvalue weighted by Gasteiger charge is -2.35. The molecule has 1 N–H and O–H groups in total. The van der Waals surface area contributed by atoms with Gasteiger partial charge in [0.1, 0.15) is 5.25 Å². The second-order valence-corrected chi connectivity index (χ2v) is 8.52. The summed E-state index contributed by atoms with van der Waals surface area (Å²) in [6.45, 7) is 0. The maximum Gasteiger partial charge on any atom is 0.189 e. The fourth-order valence-corrected chi connectivity index (χ4v) is 5.54. The minimum absolute atomic E-state index is 0.342. The van der Waals surface area contributed by atoms with E-state index in [1.165, 1.54) is 0 Å². The molecule has 0 saturated heterocycles. The molecule has 1 aliphatic rings. The molecule has 0 fully saturated rings. The molecule has 4 rings (SSSR count). The minimum Gasteiger partial charge on any atom is -0.375 e. The van der Waals surface area contributed by atoms with Crippen LogP contribution in [0.4, 0.5) is 5.69 Å². The van der Waals surface area contributed by atoms with Crippen LogP contribution in [-0.4, -0.2) is 8.42 Å². The van der Waals surface area contributed by atoms with Crippen LogP contribution in [0.2, 0.25) is 5.02 Å². The molecule has 2 atom stereocenters. The molecule has 3 aromatic rings. The summed E-state index contributed by atoms with van der Waals surface area (Å²) < 4.78 is 26.8. The van der Waals surface area contributed by atoms with Gasteiger partial charge in [0, 0.05) is 5.02 Å². The lowest BCUT2D eigenvalue weighted by Crippen LogP contribution is -2.31. The molecule has 3 nitrogen and oxygen atoms in total. The van der Waals surface area contributed by atoms with Crippen LogP contribution in [0.1, 0.15) is 22.4 Å². The molecule has 0 unspecified atom stereocenters. The van der Waals surface area contributed by atoms with E-state index in [0.717, 1.165) is 11.1 Å². The third-order valence-electron chi connectivity index (χ3n) is 4.50. The van der Waals surface area contributed by atoms with Crippen LogP contribution < -0.4 is 5.32 Å². The first kappa shape index (κ1) is 16.2. The summed E-state index contributed by atoms with van der Waals surface area (Å²) in [5.74, 6) is 0. The standard InChI is InChI=1S/C20H16ClNO2S/c21-16-12-10-14(11-13-16)19-20(15-6-2-1-3-7-15)25(23,24)18-9-5-4-8-17(18)22-19/h1-13,19-20,22H/t19-,20-/m1/s1. The first-order chi connectivity index (χ1) is 12.1. The summed E-state index contributed by atoms with van der Waals surface area (Å²) in [6.07, 6.45) is 0. The summed E-state index contributed by atoms with van der Waals surface area (Å²) in [7, 11) is -3.54. The summed E-state index contributed by atoms with van der Waals surface area (Å²) in [4.78, 5) is 0.342. The van der Waals surface area contributed by atoms with Gasteiger partial charge in [-0.1, -0.05) is 66.2 Å². The van der Waals surface area contributed by atoms with Crippen molar-refractivity contribution in [2.24, 2.45) is 0 Å². The predicted octanol–water partition coefficient (Wildman–Crippen LogP) is 5.02. The Labute approximate surface area is 152 Å². The molecule has 1 heterocycles. The number of anilines is 1. The largest absolute Gasteiger partial charge is 0.375 e. The Balaban J connectivity index is 1.93. The number of fused-ring (bicyclic) bond motifs is 1. The van der Waals surface area contributed by atoms with E-state index in [4.69, 9.17) is 11.6 Å². The van der Waals surface area contributed by atoms with Crippen molar-refractivity contribution in [3.8, 4) is 0 Å². The number of para-hydroxylation sites is 1. The van der Waals surface area contributed by atoms with Crippen LogP contribution in [0, 0.1) is 0 Å². The number of sulfone groups is 1. The molecule has 0 amide bonds. The normalized spacial score (nSPS) is 21.2. The highest BCUT2D eigenvalue weighted by Gasteiger charge is 2.42. The van der Waals surface area contributed by atoms with Crippen molar-refractivity contribution in [1.82, 2.24) is 0 Å². The van der Waals surface area contributed by atoms with Gasteiger partial charge in [0.15, 0.2) is 9.84 Å². The van der Waals surface area contributed by atoms with Gasteiger partial charge in [-0.05, 0) is 35.4 Å². The second kappa shape index (κ2) is 6.21. The molecule has 5 heteroatoms. The molecule has 0 radical (unpaired) electrons.